The second kappa shape index (κ2) is 3.57. The summed E-state index contributed by atoms with van der Waals surface area (Å²) in [4.78, 5) is 15.6. The molecule has 0 bridgehead atoms. The number of hydrogen-bond acceptors (Lipinski definition) is 3. The van der Waals surface area contributed by atoms with Crippen LogP contribution in [0.15, 0.2) is 31.1 Å². The van der Waals surface area contributed by atoms with Crippen molar-refractivity contribution in [1.82, 2.24) is 9.38 Å². The summed E-state index contributed by atoms with van der Waals surface area (Å²) in [6.07, 6.45) is 5.05. The number of carbonyl (C=O) groups is 1. The first kappa shape index (κ1) is 9.45. The molecule has 2 heterocycles. The van der Waals surface area contributed by atoms with Crippen LogP contribution in [0.25, 0.3) is 11.7 Å². The topological polar surface area (TPSA) is 43.6 Å². The Morgan fingerprint density at radius 2 is 2.40 bits per heavy atom. The largest absolute Gasteiger partial charge is 0.464 e. The molecule has 15 heavy (non-hydrogen) atoms. The first-order chi connectivity index (χ1) is 7.27. The number of hydrogen-bond donors (Lipinski definition) is 0. The molecule has 0 spiro atoms. The van der Waals surface area contributed by atoms with Gasteiger partial charge < -0.3 is 4.74 Å². The second-order valence-corrected chi connectivity index (χ2v) is 2.99. The molecule has 0 unspecified atom stereocenters. The number of rotatable bonds is 2. The molecular formula is C11H10N2O2. The minimum Gasteiger partial charge on any atom is -0.464 e. The monoisotopic (exact) mass is 202 g/mol. The SMILES string of the molecule is C=Cc1ccc(C(=O)OC)n2ccnc12. The van der Waals surface area contributed by atoms with Crippen molar-refractivity contribution < 1.29 is 9.53 Å². The van der Waals surface area contributed by atoms with E-state index in [1.807, 2.05) is 0 Å². The molecule has 76 valence electrons. The van der Waals surface area contributed by atoms with Crippen LogP contribution in [-0.4, -0.2) is 22.5 Å². The number of imidazole rings is 1. The average Bonchev–Trinajstić information content (AvgIpc) is 2.75. The van der Waals surface area contributed by atoms with Crippen molar-refractivity contribution in [3.63, 3.8) is 0 Å². The van der Waals surface area contributed by atoms with E-state index >= 15 is 0 Å². The van der Waals surface area contributed by atoms with Crippen molar-refractivity contribution in [1.29, 1.82) is 0 Å². The Hall–Kier alpha value is -2.10. The van der Waals surface area contributed by atoms with E-state index in [0.717, 1.165) is 5.56 Å². The fourth-order valence-electron chi connectivity index (χ4n) is 1.47. The van der Waals surface area contributed by atoms with Crippen molar-refractivity contribution >= 4 is 17.7 Å². The summed E-state index contributed by atoms with van der Waals surface area (Å²) in [5.41, 5.74) is 2.04. The van der Waals surface area contributed by atoms with Crippen molar-refractivity contribution in [3.8, 4) is 0 Å². The number of methoxy groups -OCH3 is 1. The van der Waals surface area contributed by atoms with Gasteiger partial charge in [0, 0.05) is 18.0 Å². The lowest BCUT2D eigenvalue weighted by atomic mass is 10.2. The number of fused-ring (bicyclic) bond motifs is 1. The van der Waals surface area contributed by atoms with Crippen LogP contribution in [-0.2, 0) is 4.74 Å². The van der Waals surface area contributed by atoms with Gasteiger partial charge in [0.25, 0.3) is 0 Å². The summed E-state index contributed by atoms with van der Waals surface area (Å²) >= 11 is 0. The molecule has 4 heteroatoms. The molecule has 2 aromatic rings. The number of aromatic nitrogens is 2. The molecule has 4 nitrogen and oxygen atoms in total. The Kier molecular flexibility index (Phi) is 2.25. The lowest BCUT2D eigenvalue weighted by molar-refractivity contribution is 0.0592. The third kappa shape index (κ3) is 1.40. The Bertz CT molecular complexity index is 528. The van der Waals surface area contributed by atoms with Crippen molar-refractivity contribution in [2.24, 2.45) is 0 Å². The number of esters is 1. The summed E-state index contributed by atoms with van der Waals surface area (Å²) in [6, 6.07) is 3.49. The van der Waals surface area contributed by atoms with E-state index in [-0.39, 0.29) is 5.97 Å². The van der Waals surface area contributed by atoms with Gasteiger partial charge in [-0.05, 0) is 12.1 Å². The number of carbonyl (C=O) groups excluding carboxylic acids is 1. The molecule has 0 aromatic carbocycles. The predicted octanol–water partition coefficient (Wildman–Crippen LogP) is 1.76. The molecule has 0 saturated carbocycles. The summed E-state index contributed by atoms with van der Waals surface area (Å²) in [6.45, 7) is 3.69. The molecule has 2 rings (SSSR count). The van der Waals surface area contributed by atoms with Gasteiger partial charge in [-0.1, -0.05) is 12.7 Å². The lowest BCUT2D eigenvalue weighted by Crippen LogP contribution is -2.07. The Labute approximate surface area is 86.8 Å². The zero-order chi connectivity index (χ0) is 10.8. The molecule has 0 aliphatic carbocycles. The van der Waals surface area contributed by atoms with E-state index in [0.29, 0.717) is 11.3 Å². The van der Waals surface area contributed by atoms with E-state index in [4.69, 9.17) is 0 Å². The molecule has 0 N–H and O–H groups in total. The van der Waals surface area contributed by atoms with E-state index < -0.39 is 0 Å². The Balaban J connectivity index is 2.73. The van der Waals surface area contributed by atoms with Crippen LogP contribution in [0.2, 0.25) is 0 Å². The van der Waals surface area contributed by atoms with Crippen LogP contribution in [0.5, 0.6) is 0 Å². The molecule has 0 radical (unpaired) electrons. The first-order valence-corrected chi connectivity index (χ1v) is 4.44. The first-order valence-electron chi connectivity index (χ1n) is 4.44. The number of ether oxygens (including phenoxy) is 1. The summed E-state index contributed by atoms with van der Waals surface area (Å²) in [5, 5.41) is 0. The highest BCUT2D eigenvalue weighted by Crippen LogP contribution is 2.13. The van der Waals surface area contributed by atoms with Gasteiger partial charge in [0.05, 0.1) is 7.11 Å². The molecule has 2 aromatic heterocycles. The molecule has 0 fully saturated rings. The number of pyridine rings is 1. The van der Waals surface area contributed by atoms with Crippen LogP contribution >= 0.6 is 0 Å². The van der Waals surface area contributed by atoms with E-state index in [1.54, 1.807) is 35.0 Å². The summed E-state index contributed by atoms with van der Waals surface area (Å²) in [5.74, 6) is -0.381. The van der Waals surface area contributed by atoms with Crippen LogP contribution in [0.4, 0.5) is 0 Å². The van der Waals surface area contributed by atoms with E-state index in [1.165, 1.54) is 7.11 Å². The van der Waals surface area contributed by atoms with Crippen molar-refractivity contribution in [2.45, 2.75) is 0 Å². The van der Waals surface area contributed by atoms with Gasteiger partial charge in [0.2, 0.25) is 0 Å². The highest BCUT2D eigenvalue weighted by Gasteiger charge is 2.11. The van der Waals surface area contributed by atoms with Crippen molar-refractivity contribution in [3.05, 3.63) is 42.4 Å². The van der Waals surface area contributed by atoms with Crippen LogP contribution in [0.3, 0.4) is 0 Å². The smallest absolute Gasteiger partial charge is 0.355 e. The van der Waals surface area contributed by atoms with Crippen molar-refractivity contribution in [2.75, 3.05) is 7.11 Å². The summed E-state index contributed by atoms with van der Waals surface area (Å²) in [7, 11) is 1.35. The highest BCUT2D eigenvalue weighted by molar-refractivity contribution is 5.89. The number of nitrogens with zero attached hydrogens (tertiary/aromatic N) is 2. The van der Waals surface area contributed by atoms with Gasteiger partial charge in [0.1, 0.15) is 11.3 Å². The third-order valence-corrected chi connectivity index (χ3v) is 2.19. The maximum absolute atomic E-state index is 11.4. The quantitative estimate of drug-likeness (QED) is 0.697. The third-order valence-electron chi connectivity index (χ3n) is 2.19. The fourth-order valence-corrected chi connectivity index (χ4v) is 1.47. The molecule has 0 saturated heterocycles. The maximum atomic E-state index is 11.4. The van der Waals surface area contributed by atoms with Gasteiger partial charge in [-0.25, -0.2) is 9.78 Å². The highest BCUT2D eigenvalue weighted by atomic mass is 16.5. The lowest BCUT2D eigenvalue weighted by Gasteiger charge is -2.04. The van der Waals surface area contributed by atoms with E-state index in [9.17, 15) is 4.79 Å². The molecule has 0 aliphatic heterocycles. The van der Waals surface area contributed by atoms with Crippen LogP contribution in [0.1, 0.15) is 16.1 Å². The predicted molar refractivity (Wildman–Crippen MR) is 56.6 cm³/mol. The van der Waals surface area contributed by atoms with Gasteiger partial charge in [-0.3, -0.25) is 4.40 Å². The standard InChI is InChI=1S/C11H10N2O2/c1-3-8-4-5-9(11(14)15-2)13-7-6-12-10(8)13/h3-7H,1H2,2H3. The maximum Gasteiger partial charge on any atom is 0.355 e. The Morgan fingerprint density at radius 1 is 1.60 bits per heavy atom. The Morgan fingerprint density at radius 3 is 3.07 bits per heavy atom. The van der Waals surface area contributed by atoms with Gasteiger partial charge in [0.15, 0.2) is 0 Å². The molecule has 0 atom stereocenters. The van der Waals surface area contributed by atoms with Gasteiger partial charge in [-0.2, -0.15) is 0 Å². The average molecular weight is 202 g/mol. The minimum absolute atomic E-state index is 0.381. The molecule has 0 amide bonds. The second-order valence-electron chi connectivity index (χ2n) is 2.99. The fraction of sp³-hybridized carbons (Fsp3) is 0.0909. The molecular weight excluding hydrogens is 192 g/mol. The van der Waals surface area contributed by atoms with Gasteiger partial charge in [-0.15, -0.1) is 0 Å². The zero-order valence-electron chi connectivity index (χ0n) is 8.30. The normalized spacial score (nSPS) is 10.2. The zero-order valence-corrected chi connectivity index (χ0v) is 8.30. The minimum atomic E-state index is -0.381. The van der Waals surface area contributed by atoms with Gasteiger partial charge >= 0.3 is 5.97 Å². The van der Waals surface area contributed by atoms with Crippen LogP contribution in [0, 0.1) is 0 Å². The molecule has 0 aliphatic rings. The van der Waals surface area contributed by atoms with Crippen LogP contribution < -0.4 is 0 Å². The summed E-state index contributed by atoms with van der Waals surface area (Å²) < 4.78 is 6.36. The van der Waals surface area contributed by atoms with E-state index in [2.05, 4.69) is 16.3 Å².